The van der Waals surface area contributed by atoms with Crippen molar-refractivity contribution in [1.29, 1.82) is 0 Å². The zero-order valence-corrected chi connectivity index (χ0v) is 18.3. The summed E-state index contributed by atoms with van der Waals surface area (Å²) >= 11 is 1.27. The number of ether oxygens (including phenoxy) is 1. The number of benzene rings is 2. The molecule has 1 heterocycles. The highest BCUT2D eigenvalue weighted by molar-refractivity contribution is 8.18. The maximum absolute atomic E-state index is 14.2. The third kappa shape index (κ3) is 5.19. The smallest absolute Gasteiger partial charge is 0.267 e. The lowest BCUT2D eigenvalue weighted by atomic mass is 9.94. The first kappa shape index (κ1) is 22.1. The minimum Gasteiger partial charge on any atom is -0.484 e. The lowest BCUT2D eigenvalue weighted by Gasteiger charge is -2.30. The Morgan fingerprint density at radius 1 is 1.16 bits per heavy atom. The molecule has 1 saturated carbocycles. The zero-order chi connectivity index (χ0) is 22.5. The maximum atomic E-state index is 14.2. The van der Waals surface area contributed by atoms with Crippen LogP contribution >= 0.6 is 11.8 Å². The molecule has 166 valence electrons. The lowest BCUT2D eigenvalue weighted by molar-refractivity contribution is -0.124. The second-order valence-corrected chi connectivity index (χ2v) is 8.76. The van der Waals surface area contributed by atoms with Crippen molar-refractivity contribution in [3.05, 3.63) is 64.8 Å². The van der Waals surface area contributed by atoms with E-state index in [2.05, 4.69) is 4.99 Å². The van der Waals surface area contributed by atoms with E-state index < -0.39 is 11.7 Å². The number of amidine groups is 1. The van der Waals surface area contributed by atoms with Gasteiger partial charge in [-0.1, -0.05) is 43.5 Å². The van der Waals surface area contributed by atoms with Crippen LogP contribution < -0.4 is 10.5 Å². The van der Waals surface area contributed by atoms with Gasteiger partial charge in [-0.05, 0) is 60.5 Å². The van der Waals surface area contributed by atoms with E-state index in [4.69, 9.17) is 10.5 Å². The van der Waals surface area contributed by atoms with Gasteiger partial charge in [0.25, 0.3) is 11.8 Å². The number of hydrogen-bond acceptors (Lipinski definition) is 5. The van der Waals surface area contributed by atoms with E-state index in [9.17, 15) is 14.0 Å². The van der Waals surface area contributed by atoms with Crippen molar-refractivity contribution < 1.29 is 18.7 Å². The van der Waals surface area contributed by atoms with Crippen LogP contribution in [0.25, 0.3) is 6.08 Å². The highest BCUT2D eigenvalue weighted by Gasteiger charge is 2.38. The predicted octanol–water partition coefficient (Wildman–Crippen LogP) is 4.63. The first-order valence-electron chi connectivity index (χ1n) is 10.6. The van der Waals surface area contributed by atoms with E-state index in [0.29, 0.717) is 15.8 Å². The molecule has 2 amide bonds. The summed E-state index contributed by atoms with van der Waals surface area (Å²) < 4.78 is 19.5. The summed E-state index contributed by atoms with van der Waals surface area (Å²) in [5, 5.41) is 0.514. The Balaban J connectivity index is 1.61. The normalized spacial score (nSPS) is 19.7. The number of primary amides is 1. The number of halogens is 1. The average Bonchev–Trinajstić information content (AvgIpc) is 3.10. The Morgan fingerprint density at radius 2 is 1.88 bits per heavy atom. The fourth-order valence-corrected chi connectivity index (χ4v) is 4.89. The quantitative estimate of drug-likeness (QED) is 0.647. The third-order valence-electron chi connectivity index (χ3n) is 5.40. The van der Waals surface area contributed by atoms with E-state index in [-0.39, 0.29) is 24.2 Å². The SMILES string of the molecule is NC(=O)COc1ccc(C=C2SC(=Nc3ccccc3F)N(C3CCCCC3)C2=O)cc1. The summed E-state index contributed by atoms with van der Waals surface area (Å²) in [6, 6.07) is 13.4. The lowest BCUT2D eigenvalue weighted by Crippen LogP contribution is -2.40. The third-order valence-corrected chi connectivity index (χ3v) is 6.39. The monoisotopic (exact) mass is 453 g/mol. The molecule has 0 atom stereocenters. The Labute approximate surface area is 190 Å². The molecule has 1 aliphatic carbocycles. The van der Waals surface area contributed by atoms with Crippen LogP contribution in [-0.4, -0.2) is 34.5 Å². The molecular formula is C24H24FN3O3S. The van der Waals surface area contributed by atoms with Crippen molar-refractivity contribution in [3.8, 4) is 5.75 Å². The number of aliphatic imine (C=N–C) groups is 1. The number of nitrogens with two attached hydrogens (primary N) is 1. The highest BCUT2D eigenvalue weighted by Crippen LogP contribution is 2.38. The molecule has 1 saturated heterocycles. The van der Waals surface area contributed by atoms with Gasteiger partial charge in [0, 0.05) is 6.04 Å². The molecule has 2 aliphatic rings. The molecule has 8 heteroatoms. The van der Waals surface area contributed by atoms with E-state index in [1.54, 1.807) is 53.4 Å². The maximum Gasteiger partial charge on any atom is 0.267 e. The van der Waals surface area contributed by atoms with Crippen LogP contribution in [0.5, 0.6) is 5.75 Å². The molecule has 6 nitrogen and oxygen atoms in total. The molecule has 4 rings (SSSR count). The molecule has 2 N–H and O–H groups in total. The largest absolute Gasteiger partial charge is 0.484 e. The van der Waals surface area contributed by atoms with Gasteiger partial charge in [-0.15, -0.1) is 0 Å². The molecule has 2 fully saturated rings. The van der Waals surface area contributed by atoms with E-state index in [0.717, 1.165) is 31.2 Å². The van der Waals surface area contributed by atoms with Crippen LogP contribution in [0.3, 0.4) is 0 Å². The number of para-hydroxylation sites is 1. The van der Waals surface area contributed by atoms with Crippen molar-refractivity contribution in [3.63, 3.8) is 0 Å². The first-order chi connectivity index (χ1) is 15.5. The first-order valence-corrected chi connectivity index (χ1v) is 11.4. The molecule has 0 unspecified atom stereocenters. The number of amides is 2. The van der Waals surface area contributed by atoms with Gasteiger partial charge in [-0.2, -0.15) is 0 Å². The fraction of sp³-hybridized carbons (Fsp3) is 0.292. The second kappa shape index (κ2) is 9.99. The number of carbonyl (C=O) groups is 2. The van der Waals surface area contributed by atoms with Gasteiger partial charge >= 0.3 is 0 Å². The van der Waals surface area contributed by atoms with Crippen LogP contribution in [0, 0.1) is 5.82 Å². The summed E-state index contributed by atoms with van der Waals surface area (Å²) in [5.41, 5.74) is 6.12. The fourth-order valence-electron chi connectivity index (χ4n) is 3.84. The molecule has 0 spiro atoms. The van der Waals surface area contributed by atoms with Crippen LogP contribution in [0.1, 0.15) is 37.7 Å². The molecule has 2 aromatic carbocycles. The topological polar surface area (TPSA) is 85.0 Å². The van der Waals surface area contributed by atoms with Crippen LogP contribution in [0.4, 0.5) is 10.1 Å². The number of rotatable bonds is 6. The Kier molecular flexibility index (Phi) is 6.90. The van der Waals surface area contributed by atoms with Crippen LogP contribution in [0.15, 0.2) is 58.4 Å². The summed E-state index contributed by atoms with van der Waals surface area (Å²) in [7, 11) is 0. The van der Waals surface area contributed by atoms with Crippen molar-refractivity contribution in [2.24, 2.45) is 10.7 Å². The number of thioether (sulfide) groups is 1. The summed E-state index contributed by atoms with van der Waals surface area (Å²) in [5.74, 6) is -0.553. The van der Waals surface area contributed by atoms with Gasteiger partial charge < -0.3 is 10.5 Å². The standard InChI is InChI=1S/C24H24FN3O3S/c25-19-8-4-5-9-20(19)27-24-28(17-6-2-1-3-7-17)23(30)21(32-24)14-16-10-12-18(13-11-16)31-15-22(26)29/h4-5,8-14,17H,1-3,6-7,15H2,(H2,26,29). The van der Waals surface area contributed by atoms with Crippen LogP contribution in [0.2, 0.25) is 0 Å². The van der Waals surface area contributed by atoms with E-state index in [1.165, 1.54) is 24.2 Å². The zero-order valence-electron chi connectivity index (χ0n) is 17.5. The Morgan fingerprint density at radius 3 is 2.56 bits per heavy atom. The van der Waals surface area contributed by atoms with Crippen molar-refractivity contribution in [2.45, 2.75) is 38.1 Å². The van der Waals surface area contributed by atoms with E-state index in [1.807, 2.05) is 0 Å². The van der Waals surface area contributed by atoms with Gasteiger partial charge in [-0.3, -0.25) is 14.5 Å². The molecule has 32 heavy (non-hydrogen) atoms. The van der Waals surface area contributed by atoms with Gasteiger partial charge in [0.15, 0.2) is 11.8 Å². The summed E-state index contributed by atoms with van der Waals surface area (Å²) in [6.45, 7) is -0.193. The van der Waals surface area contributed by atoms with Gasteiger partial charge in [0.2, 0.25) is 0 Å². The molecule has 0 bridgehead atoms. The minimum absolute atomic E-state index is 0.0738. The van der Waals surface area contributed by atoms with Gasteiger partial charge in [0.1, 0.15) is 17.3 Å². The number of carbonyl (C=O) groups excluding carboxylic acids is 2. The van der Waals surface area contributed by atoms with Crippen molar-refractivity contribution in [1.82, 2.24) is 4.90 Å². The Bertz CT molecular complexity index is 1060. The predicted molar refractivity (Wildman–Crippen MR) is 124 cm³/mol. The number of hydrogen-bond donors (Lipinski definition) is 1. The van der Waals surface area contributed by atoms with E-state index >= 15 is 0 Å². The molecule has 0 radical (unpaired) electrons. The van der Waals surface area contributed by atoms with Crippen molar-refractivity contribution >= 4 is 40.5 Å². The summed E-state index contributed by atoms with van der Waals surface area (Å²) in [6.07, 6.45) is 6.93. The molecule has 0 aromatic heterocycles. The second-order valence-electron chi connectivity index (χ2n) is 7.75. The number of nitrogens with zero attached hydrogens (tertiary/aromatic N) is 2. The van der Waals surface area contributed by atoms with Crippen molar-refractivity contribution in [2.75, 3.05) is 6.61 Å². The van der Waals surface area contributed by atoms with Crippen LogP contribution in [-0.2, 0) is 9.59 Å². The van der Waals surface area contributed by atoms with Gasteiger partial charge in [-0.25, -0.2) is 9.38 Å². The minimum atomic E-state index is -0.548. The molecule has 1 aliphatic heterocycles. The highest BCUT2D eigenvalue weighted by atomic mass is 32.2. The van der Waals surface area contributed by atoms with Gasteiger partial charge in [0.05, 0.1) is 4.91 Å². The summed E-state index contributed by atoms with van der Waals surface area (Å²) in [4.78, 5) is 31.0. The average molecular weight is 454 g/mol. The molecule has 2 aromatic rings. The molecular weight excluding hydrogens is 429 g/mol. The Hall–Kier alpha value is -3.13.